The van der Waals surface area contributed by atoms with Gasteiger partial charge in [-0.2, -0.15) is 0 Å². The molecule has 1 atom stereocenters. The average molecular weight is 295 g/mol. The number of halogens is 2. The molecule has 0 aliphatic carbocycles. The molecule has 2 N–H and O–H groups in total. The lowest BCUT2D eigenvalue weighted by Gasteiger charge is -2.15. The Kier molecular flexibility index (Phi) is 7.86. The Bertz CT molecular complexity index is 382. The monoisotopic (exact) mass is 294 g/mol. The molecular formula is C11H16Cl2N2O3. The number of ether oxygens (including phenoxy) is 1. The van der Waals surface area contributed by atoms with Gasteiger partial charge in [0.05, 0.1) is 18.2 Å². The Morgan fingerprint density at radius 3 is 2.94 bits per heavy atom. The van der Waals surface area contributed by atoms with Gasteiger partial charge < -0.3 is 15.2 Å². The Morgan fingerprint density at radius 1 is 1.44 bits per heavy atom. The molecule has 18 heavy (non-hydrogen) atoms. The highest BCUT2D eigenvalue weighted by atomic mass is 35.5. The van der Waals surface area contributed by atoms with Crippen molar-refractivity contribution in [2.75, 3.05) is 19.8 Å². The number of nitrogens with zero attached hydrogens (tertiary/aromatic N) is 1. The predicted octanol–water partition coefficient (Wildman–Crippen LogP) is 1.67. The van der Waals surface area contributed by atoms with Gasteiger partial charge in [0.2, 0.25) is 0 Å². The summed E-state index contributed by atoms with van der Waals surface area (Å²) in [6.07, 6.45) is 4.00. The third-order valence-corrected chi connectivity index (χ3v) is 2.55. The van der Waals surface area contributed by atoms with Crippen molar-refractivity contribution in [2.45, 2.75) is 12.5 Å². The number of aromatic nitrogens is 1. The topological polar surface area (TPSA) is 71.5 Å². The fourth-order valence-corrected chi connectivity index (χ4v) is 1.69. The van der Waals surface area contributed by atoms with Gasteiger partial charge in [-0.3, -0.25) is 4.98 Å². The number of hydrogen-bond donors (Lipinski definition) is 2. The van der Waals surface area contributed by atoms with Gasteiger partial charge in [0.15, 0.2) is 0 Å². The third-order valence-electron chi connectivity index (χ3n) is 2.55. The largest absolute Gasteiger partial charge is 0.478 e. The SMILES string of the molecule is Cl.Cl.O=C(O)c1cncc(C2COCCCN2)c1. The number of nitrogens with one attached hydrogen (secondary N) is 1. The van der Waals surface area contributed by atoms with Crippen molar-refractivity contribution >= 4 is 30.8 Å². The van der Waals surface area contributed by atoms with Crippen molar-refractivity contribution in [2.24, 2.45) is 0 Å². The highest BCUT2D eigenvalue weighted by molar-refractivity contribution is 5.87. The Labute approximate surface area is 118 Å². The fourth-order valence-electron chi connectivity index (χ4n) is 1.69. The van der Waals surface area contributed by atoms with Gasteiger partial charge in [-0.15, -0.1) is 24.8 Å². The summed E-state index contributed by atoms with van der Waals surface area (Å²) in [5, 5.41) is 12.2. The molecule has 1 aliphatic rings. The van der Waals surface area contributed by atoms with Crippen LogP contribution in [0, 0.1) is 0 Å². The second kappa shape index (κ2) is 8.26. The molecule has 0 radical (unpaired) electrons. The molecule has 0 amide bonds. The summed E-state index contributed by atoms with van der Waals surface area (Å²) in [6.45, 7) is 2.18. The van der Waals surface area contributed by atoms with Crippen LogP contribution in [0.1, 0.15) is 28.4 Å². The lowest BCUT2D eigenvalue weighted by Crippen LogP contribution is -2.23. The third kappa shape index (κ3) is 4.42. The zero-order chi connectivity index (χ0) is 11.4. The van der Waals surface area contributed by atoms with Crippen LogP contribution in [0.2, 0.25) is 0 Å². The molecule has 0 spiro atoms. The Morgan fingerprint density at radius 2 is 2.22 bits per heavy atom. The molecule has 2 heterocycles. The molecule has 102 valence electrons. The van der Waals surface area contributed by atoms with E-state index >= 15 is 0 Å². The first-order valence-corrected chi connectivity index (χ1v) is 5.27. The maximum atomic E-state index is 10.8. The minimum Gasteiger partial charge on any atom is -0.478 e. The van der Waals surface area contributed by atoms with Crippen LogP contribution in [0.4, 0.5) is 0 Å². The highest BCUT2D eigenvalue weighted by Gasteiger charge is 2.15. The number of carboxylic acids is 1. The van der Waals surface area contributed by atoms with Gasteiger partial charge in [0.25, 0.3) is 0 Å². The minimum atomic E-state index is -0.955. The molecule has 0 saturated carbocycles. The van der Waals surface area contributed by atoms with Gasteiger partial charge in [0.1, 0.15) is 0 Å². The number of hydrogen-bond acceptors (Lipinski definition) is 4. The van der Waals surface area contributed by atoms with Crippen molar-refractivity contribution in [1.82, 2.24) is 10.3 Å². The van der Waals surface area contributed by atoms with Crippen molar-refractivity contribution < 1.29 is 14.6 Å². The maximum Gasteiger partial charge on any atom is 0.337 e. The van der Waals surface area contributed by atoms with Crippen molar-refractivity contribution in [3.05, 3.63) is 29.6 Å². The molecule has 5 nitrogen and oxygen atoms in total. The van der Waals surface area contributed by atoms with Gasteiger partial charge in [-0.05, 0) is 24.6 Å². The van der Waals surface area contributed by atoms with E-state index in [1.54, 1.807) is 12.3 Å². The summed E-state index contributed by atoms with van der Waals surface area (Å²) < 4.78 is 5.42. The molecule has 1 aromatic heterocycles. The van der Waals surface area contributed by atoms with Crippen LogP contribution in [0.3, 0.4) is 0 Å². The zero-order valence-electron chi connectivity index (χ0n) is 9.67. The van der Waals surface area contributed by atoms with Crippen molar-refractivity contribution in [3.8, 4) is 0 Å². The van der Waals surface area contributed by atoms with E-state index in [-0.39, 0.29) is 36.4 Å². The summed E-state index contributed by atoms with van der Waals surface area (Å²) in [5.74, 6) is -0.955. The predicted molar refractivity (Wildman–Crippen MR) is 71.9 cm³/mol. The Balaban J connectivity index is 0.00000144. The quantitative estimate of drug-likeness (QED) is 0.868. The van der Waals surface area contributed by atoms with Gasteiger partial charge >= 0.3 is 5.97 Å². The van der Waals surface area contributed by atoms with Gasteiger partial charge in [-0.1, -0.05) is 0 Å². The van der Waals surface area contributed by atoms with E-state index < -0.39 is 5.97 Å². The van der Waals surface area contributed by atoms with Crippen molar-refractivity contribution in [3.63, 3.8) is 0 Å². The maximum absolute atomic E-state index is 10.8. The lowest BCUT2D eigenvalue weighted by atomic mass is 10.1. The first-order valence-electron chi connectivity index (χ1n) is 5.27. The molecule has 1 aromatic rings. The zero-order valence-corrected chi connectivity index (χ0v) is 11.3. The van der Waals surface area contributed by atoms with Crippen LogP contribution >= 0.6 is 24.8 Å². The smallest absolute Gasteiger partial charge is 0.337 e. The molecule has 0 bridgehead atoms. The second-order valence-electron chi connectivity index (χ2n) is 3.75. The molecule has 2 rings (SSSR count). The molecular weight excluding hydrogens is 279 g/mol. The summed E-state index contributed by atoms with van der Waals surface area (Å²) in [5.41, 5.74) is 1.07. The van der Waals surface area contributed by atoms with E-state index in [0.29, 0.717) is 6.61 Å². The van der Waals surface area contributed by atoms with Crippen LogP contribution in [-0.2, 0) is 4.74 Å². The molecule has 1 aliphatic heterocycles. The van der Waals surface area contributed by atoms with Crippen LogP contribution < -0.4 is 5.32 Å². The first kappa shape index (κ1) is 17.1. The summed E-state index contributed by atoms with van der Waals surface area (Å²) in [7, 11) is 0. The van der Waals surface area contributed by atoms with Gasteiger partial charge in [0, 0.05) is 19.0 Å². The summed E-state index contributed by atoms with van der Waals surface area (Å²) >= 11 is 0. The average Bonchev–Trinajstić information content (AvgIpc) is 2.57. The number of rotatable bonds is 2. The van der Waals surface area contributed by atoms with E-state index in [2.05, 4.69) is 10.3 Å². The Hall–Kier alpha value is -0.880. The van der Waals surface area contributed by atoms with E-state index in [9.17, 15) is 4.79 Å². The normalized spacial score (nSPS) is 19.0. The van der Waals surface area contributed by atoms with Crippen LogP contribution in [-0.4, -0.2) is 35.8 Å². The van der Waals surface area contributed by atoms with Gasteiger partial charge in [-0.25, -0.2) is 4.79 Å². The number of aromatic carboxylic acids is 1. The van der Waals surface area contributed by atoms with Crippen molar-refractivity contribution in [1.29, 1.82) is 0 Å². The first-order chi connectivity index (χ1) is 7.77. The van der Waals surface area contributed by atoms with Crippen LogP contribution in [0.25, 0.3) is 0 Å². The second-order valence-corrected chi connectivity index (χ2v) is 3.75. The number of carbonyl (C=O) groups is 1. The van der Waals surface area contributed by atoms with E-state index in [4.69, 9.17) is 9.84 Å². The molecule has 0 aromatic carbocycles. The fraction of sp³-hybridized carbons (Fsp3) is 0.455. The van der Waals surface area contributed by atoms with E-state index in [1.165, 1.54) is 6.20 Å². The highest BCUT2D eigenvalue weighted by Crippen LogP contribution is 2.15. The number of pyridine rings is 1. The minimum absolute atomic E-state index is 0. The van der Waals surface area contributed by atoms with Crippen LogP contribution in [0.5, 0.6) is 0 Å². The molecule has 1 fully saturated rings. The molecule has 1 saturated heterocycles. The standard InChI is InChI=1S/C11H14N2O3.2ClH/c14-11(15)9-4-8(5-12-6-9)10-7-16-3-1-2-13-10;;/h4-6,10,13H,1-3,7H2,(H,14,15);2*1H. The van der Waals surface area contributed by atoms with E-state index in [0.717, 1.165) is 25.1 Å². The van der Waals surface area contributed by atoms with E-state index in [1.807, 2.05) is 0 Å². The van der Waals surface area contributed by atoms with Crippen LogP contribution in [0.15, 0.2) is 18.5 Å². The lowest BCUT2D eigenvalue weighted by molar-refractivity contribution is 0.0696. The molecule has 1 unspecified atom stereocenters. The summed E-state index contributed by atoms with van der Waals surface area (Å²) in [4.78, 5) is 14.7. The summed E-state index contributed by atoms with van der Waals surface area (Å²) in [6, 6.07) is 1.68. The molecule has 7 heteroatoms. The number of carboxylic acid groups (broad SMARTS) is 1.